The minimum atomic E-state index is -0.952. The number of ether oxygens (including phenoxy) is 1. The Bertz CT molecular complexity index is 865. The minimum Gasteiger partial charge on any atom is -0.494 e. The summed E-state index contributed by atoms with van der Waals surface area (Å²) in [6, 6.07) is 10.5. The van der Waals surface area contributed by atoms with E-state index in [4.69, 9.17) is 4.74 Å². The zero-order chi connectivity index (χ0) is 20.6. The van der Waals surface area contributed by atoms with Gasteiger partial charge in [-0.3, -0.25) is 0 Å². The number of allylic oxidation sites excluding steroid dienone is 3. The van der Waals surface area contributed by atoms with Crippen LogP contribution in [0.1, 0.15) is 57.4 Å². The minimum absolute atomic E-state index is 0.0835. The van der Waals surface area contributed by atoms with Crippen molar-refractivity contribution >= 4 is 6.08 Å². The molecule has 1 unspecified atom stereocenters. The number of methoxy groups -OCH3 is 1. The highest BCUT2D eigenvalue weighted by atomic mass is 19.2. The van der Waals surface area contributed by atoms with Crippen LogP contribution in [0.5, 0.6) is 5.75 Å². The van der Waals surface area contributed by atoms with E-state index in [9.17, 15) is 8.78 Å². The van der Waals surface area contributed by atoms with Crippen molar-refractivity contribution in [3.05, 3.63) is 71.3 Å². The van der Waals surface area contributed by atoms with Gasteiger partial charge in [-0.25, -0.2) is 4.39 Å². The van der Waals surface area contributed by atoms with Crippen LogP contribution in [-0.4, -0.2) is 7.11 Å². The van der Waals surface area contributed by atoms with Gasteiger partial charge in [-0.1, -0.05) is 67.8 Å². The van der Waals surface area contributed by atoms with E-state index in [0.717, 1.165) is 24.3 Å². The SMILES string of the molecule is CCCC1CC=C(CCC=Cc2ccc(-c3ccc(OC)c(F)c3F)cc2)CC1. The molecule has 0 N–H and O–H groups in total. The van der Waals surface area contributed by atoms with Crippen LogP contribution in [0.2, 0.25) is 0 Å². The Morgan fingerprint density at radius 1 is 1.07 bits per heavy atom. The summed E-state index contributed by atoms with van der Waals surface area (Å²) in [6.07, 6.45) is 15.4. The molecule has 2 aromatic rings. The fraction of sp³-hybridized carbons (Fsp3) is 0.385. The van der Waals surface area contributed by atoms with Gasteiger partial charge in [-0.15, -0.1) is 0 Å². The van der Waals surface area contributed by atoms with Crippen molar-refractivity contribution in [3.8, 4) is 16.9 Å². The maximum Gasteiger partial charge on any atom is 0.201 e. The standard InChI is InChI=1S/C26H30F2O/c1-3-6-19-9-11-20(12-10-19)7-4-5-8-21-13-15-22(16-14-21)23-17-18-24(29-2)26(28)25(23)27/h5,8,11,13-19H,3-4,6-7,9-10,12H2,1-2H3. The van der Waals surface area contributed by atoms with Crippen LogP contribution in [0.25, 0.3) is 17.2 Å². The molecule has 1 nitrogen and oxygen atoms in total. The van der Waals surface area contributed by atoms with E-state index < -0.39 is 11.6 Å². The second-order valence-electron chi connectivity index (χ2n) is 7.80. The molecule has 2 aromatic carbocycles. The Hall–Kier alpha value is -2.42. The topological polar surface area (TPSA) is 9.23 Å². The van der Waals surface area contributed by atoms with Crippen molar-refractivity contribution in [2.45, 2.75) is 51.9 Å². The average Bonchev–Trinajstić information content (AvgIpc) is 2.75. The Kier molecular flexibility index (Phi) is 7.62. The van der Waals surface area contributed by atoms with Crippen LogP contribution in [0.4, 0.5) is 8.78 Å². The second-order valence-corrected chi connectivity index (χ2v) is 7.80. The number of rotatable bonds is 8. The van der Waals surface area contributed by atoms with Crippen LogP contribution in [0, 0.1) is 17.6 Å². The largest absolute Gasteiger partial charge is 0.494 e. The Morgan fingerprint density at radius 2 is 1.86 bits per heavy atom. The second kappa shape index (κ2) is 10.4. The molecule has 3 heteroatoms. The monoisotopic (exact) mass is 396 g/mol. The molecule has 0 radical (unpaired) electrons. The highest BCUT2D eigenvalue weighted by molar-refractivity contribution is 5.67. The lowest BCUT2D eigenvalue weighted by Crippen LogP contribution is -2.05. The molecule has 0 amide bonds. The number of benzene rings is 2. The van der Waals surface area contributed by atoms with Crippen molar-refractivity contribution in [2.24, 2.45) is 5.92 Å². The third-order valence-electron chi connectivity index (χ3n) is 5.74. The third-order valence-corrected chi connectivity index (χ3v) is 5.74. The van der Waals surface area contributed by atoms with Gasteiger partial charge in [0.1, 0.15) is 0 Å². The summed E-state index contributed by atoms with van der Waals surface area (Å²) in [6.45, 7) is 2.27. The van der Waals surface area contributed by atoms with E-state index in [2.05, 4.69) is 25.2 Å². The molecule has 0 heterocycles. The van der Waals surface area contributed by atoms with Gasteiger partial charge in [0.2, 0.25) is 5.82 Å². The summed E-state index contributed by atoms with van der Waals surface area (Å²) >= 11 is 0. The molecule has 0 aromatic heterocycles. The number of halogens is 2. The van der Waals surface area contributed by atoms with Crippen molar-refractivity contribution in [1.82, 2.24) is 0 Å². The van der Waals surface area contributed by atoms with Gasteiger partial charge in [-0.2, -0.15) is 4.39 Å². The van der Waals surface area contributed by atoms with E-state index in [-0.39, 0.29) is 11.3 Å². The normalized spacial score (nSPS) is 16.8. The van der Waals surface area contributed by atoms with E-state index in [0.29, 0.717) is 5.56 Å². The molecule has 0 saturated heterocycles. The van der Waals surface area contributed by atoms with E-state index >= 15 is 0 Å². The van der Waals surface area contributed by atoms with Gasteiger partial charge in [0.05, 0.1) is 7.11 Å². The highest BCUT2D eigenvalue weighted by Gasteiger charge is 2.15. The molecular weight excluding hydrogens is 366 g/mol. The van der Waals surface area contributed by atoms with E-state index in [1.807, 2.05) is 24.3 Å². The average molecular weight is 397 g/mol. The Morgan fingerprint density at radius 3 is 2.52 bits per heavy atom. The quantitative estimate of drug-likeness (QED) is 0.411. The lowest BCUT2D eigenvalue weighted by molar-refractivity contribution is 0.372. The molecule has 154 valence electrons. The van der Waals surface area contributed by atoms with Crippen molar-refractivity contribution in [1.29, 1.82) is 0 Å². The van der Waals surface area contributed by atoms with Crippen LogP contribution >= 0.6 is 0 Å². The van der Waals surface area contributed by atoms with Gasteiger partial charge >= 0.3 is 0 Å². The van der Waals surface area contributed by atoms with Gasteiger partial charge in [0.15, 0.2) is 11.6 Å². The number of hydrogen-bond donors (Lipinski definition) is 0. The Labute approximate surface area is 173 Å². The predicted molar refractivity (Wildman–Crippen MR) is 117 cm³/mol. The highest BCUT2D eigenvalue weighted by Crippen LogP contribution is 2.31. The summed E-state index contributed by atoms with van der Waals surface area (Å²) in [7, 11) is 1.33. The molecule has 0 spiro atoms. The summed E-state index contributed by atoms with van der Waals surface area (Å²) in [4.78, 5) is 0. The first-order valence-corrected chi connectivity index (χ1v) is 10.6. The van der Waals surface area contributed by atoms with Crippen LogP contribution in [0.15, 0.2) is 54.1 Å². The molecule has 3 rings (SSSR count). The lowest BCUT2D eigenvalue weighted by Gasteiger charge is -2.21. The molecule has 0 saturated carbocycles. The van der Waals surface area contributed by atoms with E-state index in [1.54, 1.807) is 11.6 Å². The Balaban J connectivity index is 1.55. The predicted octanol–water partition coefficient (Wildman–Crippen LogP) is 7.96. The summed E-state index contributed by atoms with van der Waals surface area (Å²) in [5.74, 6) is -1.02. The zero-order valence-corrected chi connectivity index (χ0v) is 17.4. The molecule has 0 fully saturated rings. The van der Waals surface area contributed by atoms with Gasteiger partial charge in [0.25, 0.3) is 0 Å². The van der Waals surface area contributed by atoms with Crippen molar-refractivity contribution in [3.63, 3.8) is 0 Å². The number of hydrogen-bond acceptors (Lipinski definition) is 1. The summed E-state index contributed by atoms with van der Waals surface area (Å²) in [5.41, 5.74) is 3.54. The molecule has 0 bridgehead atoms. The summed E-state index contributed by atoms with van der Waals surface area (Å²) in [5, 5.41) is 0. The summed E-state index contributed by atoms with van der Waals surface area (Å²) < 4.78 is 33.0. The van der Waals surface area contributed by atoms with Crippen LogP contribution in [0.3, 0.4) is 0 Å². The first-order chi connectivity index (χ1) is 14.1. The van der Waals surface area contributed by atoms with Crippen molar-refractivity contribution in [2.75, 3.05) is 7.11 Å². The third kappa shape index (κ3) is 5.56. The van der Waals surface area contributed by atoms with Gasteiger partial charge in [-0.05, 0) is 61.3 Å². The van der Waals surface area contributed by atoms with Gasteiger partial charge in [0, 0.05) is 5.56 Å². The molecule has 29 heavy (non-hydrogen) atoms. The first kappa shape index (κ1) is 21.3. The molecule has 0 aliphatic heterocycles. The lowest BCUT2D eigenvalue weighted by atomic mass is 9.85. The smallest absolute Gasteiger partial charge is 0.201 e. The fourth-order valence-corrected chi connectivity index (χ4v) is 4.01. The van der Waals surface area contributed by atoms with E-state index in [1.165, 1.54) is 45.3 Å². The molecule has 1 atom stereocenters. The van der Waals surface area contributed by atoms with Crippen LogP contribution < -0.4 is 4.74 Å². The first-order valence-electron chi connectivity index (χ1n) is 10.6. The zero-order valence-electron chi connectivity index (χ0n) is 17.4. The van der Waals surface area contributed by atoms with Crippen molar-refractivity contribution < 1.29 is 13.5 Å². The molecular formula is C26H30F2O. The maximum absolute atomic E-state index is 14.3. The van der Waals surface area contributed by atoms with Gasteiger partial charge < -0.3 is 4.74 Å². The fourth-order valence-electron chi connectivity index (χ4n) is 4.01. The molecule has 1 aliphatic carbocycles. The van der Waals surface area contributed by atoms with Crippen LogP contribution in [-0.2, 0) is 0 Å². The maximum atomic E-state index is 14.3. The molecule has 1 aliphatic rings.